The highest BCUT2D eigenvalue weighted by Gasteiger charge is 2.33. The summed E-state index contributed by atoms with van der Waals surface area (Å²) in [6.45, 7) is 9.18. The van der Waals surface area contributed by atoms with Crippen molar-refractivity contribution < 1.29 is 4.79 Å². The fraction of sp³-hybridized carbons (Fsp3) is 0.929. The fourth-order valence-corrected chi connectivity index (χ4v) is 2.38. The third-order valence-corrected chi connectivity index (χ3v) is 4.58. The molecular weight excluding hydrogens is 226 g/mol. The van der Waals surface area contributed by atoms with Crippen LogP contribution in [0.1, 0.15) is 46.5 Å². The lowest BCUT2D eigenvalue weighted by Crippen LogP contribution is -2.55. The molecule has 18 heavy (non-hydrogen) atoms. The first-order valence-electron chi connectivity index (χ1n) is 7.11. The number of carbonyl (C=O) groups excluding carboxylic acids is 1. The van der Waals surface area contributed by atoms with Gasteiger partial charge in [0.05, 0.1) is 5.54 Å². The van der Waals surface area contributed by atoms with Crippen molar-refractivity contribution >= 4 is 5.91 Å². The summed E-state index contributed by atoms with van der Waals surface area (Å²) in [5, 5.41) is 3.07. The van der Waals surface area contributed by atoms with Crippen LogP contribution < -0.4 is 11.1 Å². The van der Waals surface area contributed by atoms with Crippen LogP contribution in [0.2, 0.25) is 0 Å². The number of piperidine rings is 1. The van der Waals surface area contributed by atoms with Crippen LogP contribution in [0.4, 0.5) is 0 Å². The Morgan fingerprint density at radius 3 is 2.28 bits per heavy atom. The van der Waals surface area contributed by atoms with Gasteiger partial charge in [-0.25, -0.2) is 0 Å². The summed E-state index contributed by atoms with van der Waals surface area (Å²) in [5.74, 6) is 0.00709. The average molecular weight is 255 g/mol. The number of nitrogens with one attached hydrogen (secondary N) is 1. The number of hydrogen-bond donors (Lipinski definition) is 2. The van der Waals surface area contributed by atoms with Crippen molar-refractivity contribution in [2.24, 2.45) is 11.1 Å². The smallest absolute Gasteiger partial charge is 0.240 e. The van der Waals surface area contributed by atoms with Crippen molar-refractivity contribution in [1.29, 1.82) is 0 Å². The summed E-state index contributed by atoms with van der Waals surface area (Å²) in [5.41, 5.74) is 5.63. The number of nitrogens with two attached hydrogens (primary N) is 1. The zero-order valence-corrected chi connectivity index (χ0v) is 12.4. The van der Waals surface area contributed by atoms with Crippen LogP contribution >= 0.6 is 0 Å². The second-order valence-corrected chi connectivity index (χ2v) is 6.16. The highest BCUT2D eigenvalue weighted by atomic mass is 16.2. The van der Waals surface area contributed by atoms with E-state index in [-0.39, 0.29) is 11.3 Å². The van der Waals surface area contributed by atoms with Gasteiger partial charge in [-0.15, -0.1) is 0 Å². The maximum Gasteiger partial charge on any atom is 0.240 e. The van der Waals surface area contributed by atoms with Crippen molar-refractivity contribution in [1.82, 2.24) is 10.2 Å². The van der Waals surface area contributed by atoms with Gasteiger partial charge in [0.2, 0.25) is 5.91 Å². The number of hydrogen-bond acceptors (Lipinski definition) is 3. The van der Waals surface area contributed by atoms with Gasteiger partial charge in [0.1, 0.15) is 0 Å². The van der Waals surface area contributed by atoms with Crippen LogP contribution in [-0.2, 0) is 4.79 Å². The minimum atomic E-state index is -0.693. The van der Waals surface area contributed by atoms with Crippen molar-refractivity contribution in [3.8, 4) is 0 Å². The van der Waals surface area contributed by atoms with Gasteiger partial charge in [0.25, 0.3) is 0 Å². The minimum Gasteiger partial charge on any atom is -0.354 e. The molecule has 1 aliphatic heterocycles. The Morgan fingerprint density at radius 1 is 1.33 bits per heavy atom. The van der Waals surface area contributed by atoms with Crippen LogP contribution in [0.25, 0.3) is 0 Å². The van der Waals surface area contributed by atoms with Crippen LogP contribution in [0.15, 0.2) is 0 Å². The van der Waals surface area contributed by atoms with Crippen molar-refractivity contribution in [2.75, 3.05) is 26.7 Å². The van der Waals surface area contributed by atoms with E-state index in [1.165, 1.54) is 0 Å². The molecule has 0 aromatic carbocycles. The SMILES string of the molecule is CCC(N)(CC)C(=O)NCC1(C)CCN(C)CC1. The molecule has 0 aliphatic carbocycles. The topological polar surface area (TPSA) is 58.4 Å². The lowest BCUT2D eigenvalue weighted by molar-refractivity contribution is -0.127. The first-order chi connectivity index (χ1) is 8.35. The maximum atomic E-state index is 12.1. The van der Waals surface area contributed by atoms with Crippen LogP contribution in [-0.4, -0.2) is 43.0 Å². The molecule has 0 aromatic heterocycles. The molecule has 1 rings (SSSR count). The Hall–Kier alpha value is -0.610. The first kappa shape index (κ1) is 15.4. The van der Waals surface area contributed by atoms with Crippen molar-refractivity contribution in [2.45, 2.75) is 52.0 Å². The van der Waals surface area contributed by atoms with Crippen LogP contribution in [0, 0.1) is 5.41 Å². The molecular formula is C14H29N3O. The standard InChI is InChI=1S/C14H29N3O/c1-5-14(15,6-2)12(18)16-11-13(3)7-9-17(4)10-8-13/h5-11,15H2,1-4H3,(H,16,18). The van der Waals surface area contributed by atoms with Gasteiger partial charge >= 0.3 is 0 Å². The lowest BCUT2D eigenvalue weighted by atomic mass is 9.80. The summed E-state index contributed by atoms with van der Waals surface area (Å²) < 4.78 is 0. The van der Waals surface area contributed by atoms with Gasteiger partial charge in [-0.2, -0.15) is 0 Å². The van der Waals surface area contributed by atoms with E-state index in [0.29, 0.717) is 12.8 Å². The van der Waals surface area contributed by atoms with Gasteiger partial charge in [-0.3, -0.25) is 4.79 Å². The molecule has 3 N–H and O–H groups in total. The zero-order chi connectivity index (χ0) is 13.8. The molecule has 0 radical (unpaired) electrons. The second-order valence-electron chi connectivity index (χ2n) is 6.16. The molecule has 4 heteroatoms. The molecule has 0 saturated carbocycles. The summed E-state index contributed by atoms with van der Waals surface area (Å²) in [6, 6.07) is 0. The van der Waals surface area contributed by atoms with E-state index < -0.39 is 5.54 Å². The predicted molar refractivity (Wildman–Crippen MR) is 75.3 cm³/mol. The minimum absolute atomic E-state index is 0.00709. The Balaban J connectivity index is 2.47. The molecule has 0 unspecified atom stereocenters. The Kier molecular flexibility index (Phi) is 5.17. The summed E-state index contributed by atoms with van der Waals surface area (Å²) >= 11 is 0. The molecule has 0 atom stereocenters. The van der Waals surface area contributed by atoms with E-state index in [0.717, 1.165) is 32.5 Å². The van der Waals surface area contributed by atoms with E-state index >= 15 is 0 Å². The Morgan fingerprint density at radius 2 is 1.83 bits per heavy atom. The molecule has 0 spiro atoms. The lowest BCUT2D eigenvalue weighted by Gasteiger charge is -2.38. The quantitative estimate of drug-likeness (QED) is 0.779. The molecule has 1 aliphatic rings. The van der Waals surface area contributed by atoms with Gasteiger partial charge in [0.15, 0.2) is 0 Å². The maximum absolute atomic E-state index is 12.1. The van der Waals surface area contributed by atoms with Crippen molar-refractivity contribution in [3.05, 3.63) is 0 Å². The molecule has 106 valence electrons. The summed E-state index contributed by atoms with van der Waals surface area (Å²) in [4.78, 5) is 14.5. The van der Waals surface area contributed by atoms with Crippen LogP contribution in [0.5, 0.6) is 0 Å². The second kappa shape index (κ2) is 6.02. The molecule has 0 aromatic rings. The van der Waals surface area contributed by atoms with Gasteiger partial charge in [-0.1, -0.05) is 20.8 Å². The normalized spacial score (nSPS) is 20.7. The highest BCUT2D eigenvalue weighted by Crippen LogP contribution is 2.29. The first-order valence-corrected chi connectivity index (χ1v) is 7.11. The highest BCUT2D eigenvalue weighted by molar-refractivity contribution is 5.85. The van der Waals surface area contributed by atoms with E-state index in [2.05, 4.69) is 24.2 Å². The van der Waals surface area contributed by atoms with E-state index in [9.17, 15) is 4.79 Å². The monoisotopic (exact) mass is 255 g/mol. The van der Waals surface area contributed by atoms with E-state index in [4.69, 9.17) is 5.73 Å². The molecule has 1 saturated heterocycles. The summed E-state index contributed by atoms with van der Waals surface area (Å²) in [7, 11) is 2.15. The van der Waals surface area contributed by atoms with Crippen molar-refractivity contribution in [3.63, 3.8) is 0 Å². The van der Waals surface area contributed by atoms with Gasteiger partial charge < -0.3 is 16.0 Å². The molecule has 1 heterocycles. The third-order valence-electron chi connectivity index (χ3n) is 4.58. The number of carbonyl (C=O) groups is 1. The van der Waals surface area contributed by atoms with E-state index in [1.807, 2.05) is 13.8 Å². The summed E-state index contributed by atoms with van der Waals surface area (Å²) in [6.07, 6.45) is 3.66. The fourth-order valence-electron chi connectivity index (χ4n) is 2.38. The van der Waals surface area contributed by atoms with Gasteiger partial charge in [0, 0.05) is 6.54 Å². The number of amides is 1. The zero-order valence-electron chi connectivity index (χ0n) is 12.4. The largest absolute Gasteiger partial charge is 0.354 e. The molecule has 4 nitrogen and oxygen atoms in total. The number of rotatable bonds is 5. The number of nitrogens with zero attached hydrogens (tertiary/aromatic N) is 1. The van der Waals surface area contributed by atoms with E-state index in [1.54, 1.807) is 0 Å². The Bertz CT molecular complexity index is 279. The number of likely N-dealkylation sites (tertiary alicyclic amines) is 1. The third kappa shape index (κ3) is 3.69. The molecule has 0 bridgehead atoms. The average Bonchev–Trinajstić information content (AvgIpc) is 2.39. The van der Waals surface area contributed by atoms with Gasteiger partial charge in [-0.05, 0) is 51.2 Å². The predicted octanol–water partition coefficient (Wildman–Crippen LogP) is 1.35. The van der Waals surface area contributed by atoms with Crippen LogP contribution in [0.3, 0.4) is 0 Å². The molecule has 1 amide bonds. The Labute approximate surface area is 111 Å². The molecule has 1 fully saturated rings.